The topological polar surface area (TPSA) is 89.9 Å². The van der Waals surface area contributed by atoms with Gasteiger partial charge in [0.1, 0.15) is 10.6 Å². The average molecular weight is 299 g/mol. The molecule has 0 bridgehead atoms. The molecule has 0 saturated carbocycles. The molecule has 2 aromatic heterocycles. The van der Waals surface area contributed by atoms with Gasteiger partial charge in [-0.15, -0.1) is 5.10 Å². The highest BCUT2D eigenvalue weighted by atomic mass is 32.1. The summed E-state index contributed by atoms with van der Waals surface area (Å²) in [6.45, 7) is 0. The molecule has 0 atom stereocenters. The van der Waals surface area contributed by atoms with Crippen LogP contribution in [0.1, 0.15) is 9.67 Å². The average Bonchev–Trinajstić information content (AvgIpc) is 3.05. The van der Waals surface area contributed by atoms with Gasteiger partial charge in [0.2, 0.25) is 0 Å². The van der Waals surface area contributed by atoms with Crippen LogP contribution in [0.3, 0.4) is 0 Å². The van der Waals surface area contributed by atoms with Gasteiger partial charge >= 0.3 is 6.01 Å². The molecular weight excluding hydrogens is 290 g/mol. The zero-order chi connectivity index (χ0) is 14.5. The molecule has 0 spiro atoms. The summed E-state index contributed by atoms with van der Waals surface area (Å²) in [5, 5.41) is 6.36. The van der Waals surface area contributed by atoms with Gasteiger partial charge in [0.05, 0.1) is 6.20 Å². The molecule has 1 aromatic carbocycles. The number of amides is 1. The first-order valence-corrected chi connectivity index (χ1v) is 6.72. The predicted octanol–water partition coefficient (Wildman–Crippen LogP) is 2.37. The molecule has 1 amide bonds. The Morgan fingerprint density at radius 1 is 1.14 bits per heavy atom. The fourth-order valence-electron chi connectivity index (χ4n) is 1.51. The molecule has 104 valence electrons. The summed E-state index contributed by atoms with van der Waals surface area (Å²) in [5.74, 6) is 0.337. The minimum Gasteiger partial charge on any atom is -0.424 e. The quantitative estimate of drug-likeness (QED) is 0.795. The molecule has 7 nitrogen and oxygen atoms in total. The van der Waals surface area contributed by atoms with Crippen molar-refractivity contribution in [2.24, 2.45) is 0 Å². The Morgan fingerprint density at radius 2 is 1.90 bits per heavy atom. The van der Waals surface area contributed by atoms with Gasteiger partial charge in [-0.05, 0) is 41.9 Å². The lowest BCUT2D eigenvalue weighted by Gasteiger charge is -2.05. The molecular formula is C13H9N5O2S. The van der Waals surface area contributed by atoms with Crippen LogP contribution < -0.4 is 10.1 Å². The number of nitrogens with one attached hydrogen (secondary N) is 1. The summed E-state index contributed by atoms with van der Waals surface area (Å²) >= 11 is 1.04. The minimum atomic E-state index is -0.245. The molecule has 1 N–H and O–H groups in total. The molecule has 3 rings (SSSR count). The molecule has 0 aliphatic carbocycles. The van der Waals surface area contributed by atoms with E-state index in [4.69, 9.17) is 4.74 Å². The molecule has 21 heavy (non-hydrogen) atoms. The van der Waals surface area contributed by atoms with Gasteiger partial charge in [-0.1, -0.05) is 4.49 Å². The number of carbonyl (C=O) groups excluding carboxylic acids is 1. The number of hydrogen-bond donors (Lipinski definition) is 1. The Morgan fingerprint density at radius 3 is 2.57 bits per heavy atom. The standard InChI is InChI=1S/C13H9N5O2S/c19-12(11-8-16-18-21-11)17-9-2-4-10(5-3-9)20-13-14-6-1-7-15-13/h1-8H,(H,17,19). The summed E-state index contributed by atoms with van der Waals surface area (Å²) < 4.78 is 9.10. The van der Waals surface area contributed by atoms with Crippen LogP contribution in [0, 0.1) is 0 Å². The number of carbonyl (C=O) groups is 1. The van der Waals surface area contributed by atoms with E-state index >= 15 is 0 Å². The second-order valence-corrected chi connectivity index (χ2v) is 4.68. The van der Waals surface area contributed by atoms with E-state index in [2.05, 4.69) is 24.9 Å². The van der Waals surface area contributed by atoms with Crippen LogP contribution in [0.2, 0.25) is 0 Å². The normalized spacial score (nSPS) is 10.1. The maximum atomic E-state index is 11.8. The first kappa shape index (κ1) is 13.1. The second-order valence-electron chi connectivity index (χ2n) is 3.89. The molecule has 0 unspecified atom stereocenters. The van der Waals surface area contributed by atoms with Crippen LogP contribution in [0.15, 0.2) is 48.9 Å². The van der Waals surface area contributed by atoms with Crippen molar-refractivity contribution in [2.45, 2.75) is 0 Å². The number of ether oxygens (including phenoxy) is 1. The van der Waals surface area contributed by atoms with Gasteiger partial charge < -0.3 is 10.1 Å². The van der Waals surface area contributed by atoms with Gasteiger partial charge in [-0.2, -0.15) is 0 Å². The molecule has 2 heterocycles. The third-order valence-corrected chi connectivity index (χ3v) is 3.11. The molecule has 0 aliphatic rings. The van der Waals surface area contributed by atoms with Crippen molar-refractivity contribution in [3.05, 3.63) is 53.8 Å². The Hall–Kier alpha value is -2.87. The van der Waals surface area contributed by atoms with Crippen LogP contribution in [0.25, 0.3) is 0 Å². The SMILES string of the molecule is O=C(Nc1ccc(Oc2ncccn2)cc1)c1cnns1. The van der Waals surface area contributed by atoms with Gasteiger partial charge in [0.15, 0.2) is 0 Å². The summed E-state index contributed by atoms with van der Waals surface area (Å²) in [6.07, 6.45) is 4.62. The summed E-state index contributed by atoms with van der Waals surface area (Å²) in [4.78, 5) is 20.2. The van der Waals surface area contributed by atoms with E-state index in [-0.39, 0.29) is 11.9 Å². The molecule has 0 aliphatic heterocycles. The van der Waals surface area contributed by atoms with Crippen molar-refractivity contribution in [2.75, 3.05) is 5.32 Å². The van der Waals surface area contributed by atoms with Gasteiger partial charge in [0.25, 0.3) is 5.91 Å². The Bertz CT molecular complexity index is 716. The molecule has 0 saturated heterocycles. The van der Waals surface area contributed by atoms with Crippen LogP contribution in [-0.2, 0) is 0 Å². The van der Waals surface area contributed by atoms with Crippen LogP contribution in [0.5, 0.6) is 11.8 Å². The zero-order valence-electron chi connectivity index (χ0n) is 10.6. The predicted molar refractivity (Wildman–Crippen MR) is 76.4 cm³/mol. The Kier molecular flexibility index (Phi) is 3.79. The largest absolute Gasteiger partial charge is 0.424 e. The summed E-state index contributed by atoms with van der Waals surface area (Å²) in [7, 11) is 0. The van der Waals surface area contributed by atoms with Crippen LogP contribution >= 0.6 is 11.5 Å². The fourth-order valence-corrected chi connectivity index (χ4v) is 1.92. The first-order valence-electron chi connectivity index (χ1n) is 5.95. The highest BCUT2D eigenvalue weighted by Crippen LogP contribution is 2.20. The number of anilines is 1. The number of aromatic nitrogens is 4. The maximum absolute atomic E-state index is 11.8. The maximum Gasteiger partial charge on any atom is 0.321 e. The molecule has 8 heteroatoms. The fraction of sp³-hybridized carbons (Fsp3) is 0. The van der Waals surface area contributed by atoms with E-state index in [0.29, 0.717) is 16.3 Å². The second kappa shape index (κ2) is 6.06. The molecule has 0 fully saturated rings. The van der Waals surface area contributed by atoms with E-state index < -0.39 is 0 Å². The summed E-state index contributed by atoms with van der Waals surface area (Å²) in [6, 6.07) is 8.87. The van der Waals surface area contributed by atoms with Gasteiger partial charge in [-0.25, -0.2) is 9.97 Å². The van der Waals surface area contributed by atoms with Gasteiger partial charge in [-0.3, -0.25) is 4.79 Å². The van der Waals surface area contributed by atoms with Crippen molar-refractivity contribution in [3.8, 4) is 11.8 Å². The Labute approximate surface area is 123 Å². The lowest BCUT2D eigenvalue weighted by molar-refractivity contribution is 0.103. The number of rotatable bonds is 4. The third-order valence-electron chi connectivity index (χ3n) is 2.45. The molecule has 0 radical (unpaired) electrons. The highest BCUT2D eigenvalue weighted by molar-refractivity contribution is 7.07. The summed E-state index contributed by atoms with van der Waals surface area (Å²) in [5.41, 5.74) is 0.648. The molecule has 3 aromatic rings. The van der Waals surface area contributed by atoms with Crippen molar-refractivity contribution in [3.63, 3.8) is 0 Å². The van der Waals surface area contributed by atoms with Crippen molar-refractivity contribution in [1.82, 2.24) is 19.6 Å². The Balaban J connectivity index is 1.65. The number of benzene rings is 1. The van der Waals surface area contributed by atoms with Crippen LogP contribution in [-0.4, -0.2) is 25.5 Å². The highest BCUT2D eigenvalue weighted by Gasteiger charge is 2.08. The van der Waals surface area contributed by atoms with Crippen LogP contribution in [0.4, 0.5) is 5.69 Å². The third kappa shape index (κ3) is 3.37. The minimum absolute atomic E-state index is 0.245. The monoisotopic (exact) mass is 299 g/mol. The smallest absolute Gasteiger partial charge is 0.321 e. The van der Waals surface area contributed by atoms with E-state index in [1.165, 1.54) is 6.20 Å². The van der Waals surface area contributed by atoms with Gasteiger partial charge in [0, 0.05) is 18.1 Å². The number of nitrogens with zero attached hydrogens (tertiary/aromatic N) is 4. The van der Waals surface area contributed by atoms with E-state index in [1.807, 2.05) is 0 Å². The van der Waals surface area contributed by atoms with E-state index in [9.17, 15) is 4.79 Å². The lowest BCUT2D eigenvalue weighted by Crippen LogP contribution is -2.09. The van der Waals surface area contributed by atoms with Crippen molar-refractivity contribution in [1.29, 1.82) is 0 Å². The first-order chi connectivity index (χ1) is 10.3. The lowest BCUT2D eigenvalue weighted by atomic mass is 10.3. The van der Waals surface area contributed by atoms with E-state index in [1.54, 1.807) is 42.7 Å². The zero-order valence-corrected chi connectivity index (χ0v) is 11.4. The van der Waals surface area contributed by atoms with Crippen molar-refractivity contribution < 1.29 is 9.53 Å². The number of hydrogen-bond acceptors (Lipinski definition) is 7. The van der Waals surface area contributed by atoms with E-state index in [0.717, 1.165) is 11.5 Å². The van der Waals surface area contributed by atoms with Crippen molar-refractivity contribution >= 4 is 23.1 Å².